The molecule has 0 bridgehead atoms. The van der Waals surface area contributed by atoms with E-state index in [1.165, 1.54) is 0 Å². The van der Waals surface area contributed by atoms with Crippen LogP contribution in [0, 0.1) is 17.5 Å². The monoisotopic (exact) mass is 233 g/mol. The minimum atomic E-state index is -1.90. The number of halogens is 4. The molecule has 0 aliphatic carbocycles. The summed E-state index contributed by atoms with van der Waals surface area (Å²) >= 11 is 0. The maximum absolute atomic E-state index is 14.3. The first kappa shape index (κ1) is 11.4. The van der Waals surface area contributed by atoms with Gasteiger partial charge >= 0.3 is 0 Å². The van der Waals surface area contributed by atoms with Crippen LogP contribution in [-0.2, 0) is 5.67 Å². The van der Waals surface area contributed by atoms with Crippen molar-refractivity contribution in [1.29, 1.82) is 0 Å². The van der Waals surface area contributed by atoms with Gasteiger partial charge < -0.3 is 5.32 Å². The highest BCUT2D eigenvalue weighted by Gasteiger charge is 2.37. The second-order valence-corrected chi connectivity index (χ2v) is 3.94. The summed E-state index contributed by atoms with van der Waals surface area (Å²) < 4.78 is 53.4. The first-order valence-electron chi connectivity index (χ1n) is 5.08. The number of nitrogens with one attached hydrogen (secondary N) is 1. The van der Waals surface area contributed by atoms with Crippen molar-refractivity contribution in [3.63, 3.8) is 0 Å². The fourth-order valence-corrected chi connectivity index (χ4v) is 1.96. The Hall–Kier alpha value is -1.10. The van der Waals surface area contributed by atoms with E-state index in [-0.39, 0.29) is 18.4 Å². The molecule has 1 saturated heterocycles. The third-order valence-corrected chi connectivity index (χ3v) is 2.91. The van der Waals surface area contributed by atoms with Gasteiger partial charge in [0.1, 0.15) is 5.67 Å². The summed E-state index contributed by atoms with van der Waals surface area (Å²) in [5.74, 6) is -4.31. The smallest absolute Gasteiger partial charge is 0.194 e. The van der Waals surface area contributed by atoms with E-state index in [9.17, 15) is 17.6 Å². The third kappa shape index (κ3) is 1.80. The normalized spacial score (nSPS) is 19.8. The number of benzene rings is 1. The average Bonchev–Trinajstić information content (AvgIpc) is 2.27. The minimum Gasteiger partial charge on any atom is -0.316 e. The molecular formula is C11H11F4N. The molecule has 2 rings (SSSR count). The van der Waals surface area contributed by atoms with Crippen LogP contribution >= 0.6 is 0 Å². The zero-order valence-corrected chi connectivity index (χ0v) is 8.49. The molecule has 0 spiro atoms. The maximum Gasteiger partial charge on any atom is 0.194 e. The van der Waals surface area contributed by atoms with Crippen LogP contribution in [0.2, 0.25) is 0 Å². The average molecular weight is 233 g/mol. The molecule has 0 unspecified atom stereocenters. The summed E-state index contributed by atoms with van der Waals surface area (Å²) in [5.41, 5.74) is -2.28. The van der Waals surface area contributed by atoms with Crippen LogP contribution < -0.4 is 5.32 Å². The Labute approximate surface area is 90.5 Å². The van der Waals surface area contributed by atoms with Gasteiger partial charge in [-0.15, -0.1) is 0 Å². The number of rotatable bonds is 1. The predicted octanol–water partition coefficient (Wildman–Crippen LogP) is 2.65. The Balaban J connectivity index is 2.43. The first-order chi connectivity index (χ1) is 7.54. The van der Waals surface area contributed by atoms with Gasteiger partial charge in [-0.25, -0.2) is 17.6 Å². The Bertz CT molecular complexity index is 399. The molecule has 1 N–H and O–H groups in total. The summed E-state index contributed by atoms with van der Waals surface area (Å²) in [6.07, 6.45) is 0.129. The molecular weight excluding hydrogens is 222 g/mol. The maximum atomic E-state index is 14.3. The summed E-state index contributed by atoms with van der Waals surface area (Å²) in [5, 5.41) is 2.92. The van der Waals surface area contributed by atoms with Crippen LogP contribution in [0.3, 0.4) is 0 Å². The number of alkyl halides is 1. The minimum absolute atomic E-state index is 0.0645. The van der Waals surface area contributed by atoms with Crippen molar-refractivity contribution in [1.82, 2.24) is 5.32 Å². The van der Waals surface area contributed by atoms with E-state index in [1.54, 1.807) is 0 Å². The molecule has 0 amide bonds. The summed E-state index contributed by atoms with van der Waals surface area (Å²) in [4.78, 5) is 0. The van der Waals surface area contributed by atoms with E-state index in [0.29, 0.717) is 13.1 Å². The van der Waals surface area contributed by atoms with Crippen molar-refractivity contribution in [3.05, 3.63) is 35.1 Å². The highest BCUT2D eigenvalue weighted by Crippen LogP contribution is 2.37. The van der Waals surface area contributed by atoms with Crippen LogP contribution in [0.25, 0.3) is 0 Å². The Morgan fingerprint density at radius 1 is 1.00 bits per heavy atom. The number of hydrogen-bond donors (Lipinski definition) is 1. The van der Waals surface area contributed by atoms with Crippen molar-refractivity contribution < 1.29 is 17.6 Å². The van der Waals surface area contributed by atoms with Gasteiger partial charge in [-0.2, -0.15) is 0 Å². The third-order valence-electron chi connectivity index (χ3n) is 2.91. The first-order valence-corrected chi connectivity index (χ1v) is 5.08. The standard InChI is InChI=1S/C11H11F4N/c12-8-2-1-7(9(13)10(8)14)11(15)3-5-16-6-4-11/h1-2,16H,3-6H2. The van der Waals surface area contributed by atoms with E-state index in [4.69, 9.17) is 0 Å². The van der Waals surface area contributed by atoms with Crippen LogP contribution in [0.4, 0.5) is 17.6 Å². The van der Waals surface area contributed by atoms with Crippen molar-refractivity contribution in [2.24, 2.45) is 0 Å². The SMILES string of the molecule is Fc1ccc(C2(F)CCNCC2)c(F)c1F. The van der Waals surface area contributed by atoms with Gasteiger partial charge in [0, 0.05) is 5.56 Å². The van der Waals surface area contributed by atoms with Crippen molar-refractivity contribution in [3.8, 4) is 0 Å². The predicted molar refractivity (Wildman–Crippen MR) is 51.2 cm³/mol. The lowest BCUT2D eigenvalue weighted by Gasteiger charge is -2.30. The fraction of sp³-hybridized carbons (Fsp3) is 0.455. The molecule has 16 heavy (non-hydrogen) atoms. The molecule has 0 aromatic heterocycles. The molecule has 1 aromatic carbocycles. The van der Waals surface area contributed by atoms with Crippen LogP contribution in [0.5, 0.6) is 0 Å². The summed E-state index contributed by atoms with van der Waals surface area (Å²) in [7, 11) is 0. The van der Waals surface area contributed by atoms with Gasteiger partial charge in [-0.05, 0) is 38.1 Å². The van der Waals surface area contributed by atoms with E-state index < -0.39 is 23.1 Å². The quantitative estimate of drug-likeness (QED) is 0.581. The van der Waals surface area contributed by atoms with Crippen molar-refractivity contribution in [2.75, 3.05) is 13.1 Å². The zero-order chi connectivity index (χ0) is 11.8. The van der Waals surface area contributed by atoms with Crippen molar-refractivity contribution >= 4 is 0 Å². The van der Waals surface area contributed by atoms with Crippen LogP contribution in [-0.4, -0.2) is 13.1 Å². The number of hydrogen-bond acceptors (Lipinski definition) is 1. The lowest BCUT2D eigenvalue weighted by molar-refractivity contribution is 0.109. The molecule has 1 nitrogen and oxygen atoms in total. The molecule has 1 aliphatic heterocycles. The molecule has 1 aliphatic rings. The van der Waals surface area contributed by atoms with E-state index in [1.807, 2.05) is 0 Å². The summed E-state index contributed by atoms with van der Waals surface area (Å²) in [6.45, 7) is 0.796. The van der Waals surface area contributed by atoms with Gasteiger partial charge in [0.15, 0.2) is 17.5 Å². The summed E-state index contributed by atoms with van der Waals surface area (Å²) in [6, 6.07) is 1.75. The highest BCUT2D eigenvalue weighted by molar-refractivity contribution is 5.27. The fourth-order valence-electron chi connectivity index (χ4n) is 1.96. The van der Waals surface area contributed by atoms with Gasteiger partial charge in [0.2, 0.25) is 0 Å². The molecule has 0 atom stereocenters. The topological polar surface area (TPSA) is 12.0 Å². The van der Waals surface area contributed by atoms with Crippen molar-refractivity contribution in [2.45, 2.75) is 18.5 Å². The zero-order valence-electron chi connectivity index (χ0n) is 8.49. The number of piperidine rings is 1. The van der Waals surface area contributed by atoms with Gasteiger partial charge in [-0.1, -0.05) is 0 Å². The van der Waals surface area contributed by atoms with Crippen LogP contribution in [0.1, 0.15) is 18.4 Å². The second kappa shape index (κ2) is 4.05. The Kier molecular flexibility index (Phi) is 2.88. The lowest BCUT2D eigenvalue weighted by atomic mass is 9.86. The van der Waals surface area contributed by atoms with Crippen LogP contribution in [0.15, 0.2) is 12.1 Å². The second-order valence-electron chi connectivity index (χ2n) is 3.94. The highest BCUT2D eigenvalue weighted by atomic mass is 19.2. The molecule has 1 fully saturated rings. The largest absolute Gasteiger partial charge is 0.316 e. The lowest BCUT2D eigenvalue weighted by Crippen LogP contribution is -2.37. The van der Waals surface area contributed by atoms with E-state index in [0.717, 1.165) is 12.1 Å². The van der Waals surface area contributed by atoms with E-state index >= 15 is 0 Å². The van der Waals surface area contributed by atoms with Gasteiger partial charge in [0.05, 0.1) is 0 Å². The molecule has 5 heteroatoms. The Morgan fingerprint density at radius 2 is 1.62 bits per heavy atom. The Morgan fingerprint density at radius 3 is 2.25 bits per heavy atom. The van der Waals surface area contributed by atoms with Gasteiger partial charge in [0.25, 0.3) is 0 Å². The molecule has 1 aromatic rings. The van der Waals surface area contributed by atoms with Gasteiger partial charge in [-0.3, -0.25) is 0 Å². The van der Waals surface area contributed by atoms with E-state index in [2.05, 4.69) is 5.32 Å². The molecule has 0 radical (unpaired) electrons. The molecule has 88 valence electrons. The molecule has 1 heterocycles. The molecule has 0 saturated carbocycles.